The van der Waals surface area contributed by atoms with Crippen molar-refractivity contribution >= 4 is 107 Å². The van der Waals surface area contributed by atoms with Crippen molar-refractivity contribution in [3.63, 3.8) is 0 Å². The van der Waals surface area contributed by atoms with Crippen LogP contribution in [0.4, 0.5) is 0 Å². The molecule has 0 aromatic rings. The molecule has 0 aromatic carbocycles. The molecule has 2 saturated heterocycles. The smallest absolute Gasteiger partial charge is 0.549 e. The van der Waals surface area contributed by atoms with Gasteiger partial charge in [-0.25, -0.2) is 0 Å². The van der Waals surface area contributed by atoms with Crippen LogP contribution in [0.3, 0.4) is 0 Å². The van der Waals surface area contributed by atoms with E-state index < -0.39 is 160 Å². The van der Waals surface area contributed by atoms with Crippen LogP contribution >= 0.6 is 0 Å². The molecule has 54 heteroatoms. The van der Waals surface area contributed by atoms with Gasteiger partial charge >= 0.3 is 160 Å². The Morgan fingerprint density at radius 3 is 0.397 bits per heavy atom. The van der Waals surface area contributed by atoms with Crippen LogP contribution in [-0.2, 0) is 86.3 Å². The standard InChI is InChI=1S/C16H29N5O8.2C16H28N4O8.C14H23N3O10.4Gd/c1-17-12(22)7-20(10-15(26)27)5-3-19(9-14(24)25)4-6-21(11-16(28)29)8-13(23)18-2;2*21-13(22)9-17-1-2-18(10-14(23)24)5-6-20(12-16(27)28)8-7-19(4-3-17)11-15(25)26;18-10(19)5-15(1-3-16(6-11(20)21)7-12(22)23)2-4-17(8-13(24)25)9-14(26)27;;;;/h3-11H2,1-2H3,(H,17,22)(H,18,23)(H,24,25)(H,26,27)(H,28,29);2*1-12H2,(H,21,22)(H,23,24)(H,25,26)(H,27,28);1-9H2,(H,18,19)(H,20,21)(H,22,23)(H,24,25)(H,26,27);;;;/q;;;;4*+3/p-16. The first-order valence-electron chi connectivity index (χ1n) is 34.1. The average molecular weight is 2230 g/mol. The van der Waals surface area contributed by atoms with Crippen LogP contribution in [-0.4, -0.2) is 465 Å². The molecule has 0 aromatic heterocycles. The summed E-state index contributed by atoms with van der Waals surface area (Å²) in [6.07, 6.45) is 0. The van der Waals surface area contributed by atoms with Crippen molar-refractivity contribution in [3.05, 3.63) is 0 Å². The SMILES string of the molecule is CNC(=O)CN(CCN(CCN(CC(=O)[O-])CC(=O)NC)CC(=O)[O-])CC(=O)[O-].O=C([O-])CN(CCN(CC(=O)[O-])CC(=O)[O-])CCN(CC(=O)[O-])CC(=O)[O-].O=C([O-])CN1CCN(CC(=O)[O-])CCN(CC(=O)[O-])CCN(CC(=O)[O-])CC1.O=C([O-])CN1CCN(CC(=O)[O-])CCN(CC(=O)[O-])CCN(CC(=O)[O-])CC1.[Gd+3].[Gd+3].[Gd+3].[Gd+3]. The van der Waals surface area contributed by atoms with Gasteiger partial charge in [-0.3, -0.25) is 78.2 Å². The van der Waals surface area contributed by atoms with Gasteiger partial charge in [0, 0.05) is 276 Å². The topological polar surface area (TPSA) is 746 Å². The molecule has 660 valence electrons. The maximum atomic E-state index is 11.5. The van der Waals surface area contributed by atoms with Gasteiger partial charge in [0.15, 0.2) is 0 Å². The largest absolute Gasteiger partial charge is 3.00 e. The number of carbonyl (C=O) groups excluding carboxylic acids is 18. The van der Waals surface area contributed by atoms with Crippen molar-refractivity contribution in [2.45, 2.75) is 0 Å². The second-order valence-electron chi connectivity index (χ2n) is 24.9. The number of hydrogen-bond acceptors (Lipinski definition) is 48. The molecular weight excluding hydrogens is 2140 g/mol. The molecule has 0 spiro atoms. The van der Waals surface area contributed by atoms with E-state index in [0.29, 0.717) is 0 Å². The number of aliphatic carboxylic acids is 16. The summed E-state index contributed by atoms with van der Waals surface area (Å²) in [6, 6.07) is 0. The number of nitrogens with one attached hydrogen (secondary N) is 2. The summed E-state index contributed by atoms with van der Waals surface area (Å²) in [6.45, 7) is -5.69. The Balaban J connectivity index is -0.000000344. The predicted molar refractivity (Wildman–Crippen MR) is 338 cm³/mol. The molecule has 0 atom stereocenters. The van der Waals surface area contributed by atoms with Crippen LogP contribution in [0.2, 0.25) is 0 Å². The fourth-order valence-corrected chi connectivity index (χ4v) is 10.4. The van der Waals surface area contributed by atoms with Gasteiger partial charge in [-0.15, -0.1) is 0 Å². The number of likely N-dealkylation sites (N-methyl/N-ethyl adjacent to an activating group) is 2. The summed E-state index contributed by atoms with van der Waals surface area (Å²) in [5, 5.41) is 178. The molecule has 2 amide bonds. The Labute approximate surface area is 794 Å². The van der Waals surface area contributed by atoms with Crippen molar-refractivity contribution < 1.29 is 328 Å². The molecule has 2 aliphatic rings. The van der Waals surface area contributed by atoms with Crippen LogP contribution in [0.15, 0.2) is 0 Å². The quantitative estimate of drug-likeness (QED) is 0.0571. The second kappa shape index (κ2) is 71.9. The van der Waals surface area contributed by atoms with E-state index in [-0.39, 0.29) is 382 Å². The minimum atomic E-state index is -1.54. The number of carboxylic acid groups (broad SMARTS) is 16. The fraction of sp³-hybridized carbons (Fsp3) is 0.710. The Morgan fingerprint density at radius 1 is 0.190 bits per heavy atom. The van der Waals surface area contributed by atoms with Gasteiger partial charge in [0.1, 0.15) is 0 Å². The molecule has 0 saturated carbocycles. The fourth-order valence-electron chi connectivity index (χ4n) is 10.4. The second-order valence-corrected chi connectivity index (χ2v) is 24.9. The zero-order valence-corrected chi connectivity index (χ0v) is 72.3. The molecule has 0 aliphatic carbocycles. The molecule has 50 nitrogen and oxygen atoms in total. The molecule has 116 heavy (non-hydrogen) atoms. The molecule has 4 radical (unpaired) electrons. The third kappa shape index (κ3) is 74.3. The van der Waals surface area contributed by atoms with Crippen molar-refractivity contribution in [1.29, 1.82) is 0 Å². The molecule has 2 N–H and O–H groups in total. The molecule has 2 fully saturated rings. The van der Waals surface area contributed by atoms with Crippen molar-refractivity contribution in [1.82, 2.24) is 79.2 Å². The number of carboxylic acids is 16. The van der Waals surface area contributed by atoms with Gasteiger partial charge in [0.05, 0.1) is 109 Å². The summed E-state index contributed by atoms with van der Waals surface area (Å²) in [5.74, 6) is -23.1. The van der Waals surface area contributed by atoms with E-state index in [2.05, 4.69) is 10.6 Å². The van der Waals surface area contributed by atoms with E-state index >= 15 is 0 Å². The average Bonchev–Trinajstić information content (AvgIpc) is 0.896. The van der Waals surface area contributed by atoms with Gasteiger partial charge in [-0.1, -0.05) is 0 Å². The third-order valence-corrected chi connectivity index (χ3v) is 15.7. The summed E-state index contributed by atoms with van der Waals surface area (Å²) < 4.78 is 0. The minimum Gasteiger partial charge on any atom is -0.549 e. The Bertz CT molecular complexity index is 2620. The van der Waals surface area contributed by atoms with E-state index in [1.165, 1.54) is 72.9 Å². The maximum Gasteiger partial charge on any atom is 3.00 e. The van der Waals surface area contributed by atoms with Gasteiger partial charge < -0.3 is 169 Å². The third-order valence-electron chi connectivity index (χ3n) is 15.7. The predicted octanol–water partition coefficient (Wildman–Crippen LogP) is -32.3. The Morgan fingerprint density at radius 2 is 0.293 bits per heavy atom. The van der Waals surface area contributed by atoms with E-state index in [9.17, 15) is 168 Å². The van der Waals surface area contributed by atoms with Gasteiger partial charge in [0.25, 0.3) is 0 Å². The van der Waals surface area contributed by atoms with Crippen molar-refractivity contribution in [2.75, 3.05) is 289 Å². The van der Waals surface area contributed by atoms with Crippen LogP contribution in [0.1, 0.15) is 0 Å². The van der Waals surface area contributed by atoms with E-state index in [1.54, 1.807) is 0 Å². The summed E-state index contributed by atoms with van der Waals surface area (Å²) >= 11 is 0. The molecule has 0 bridgehead atoms. The molecule has 2 aliphatic heterocycles. The first-order valence-corrected chi connectivity index (χ1v) is 34.1. The number of carbonyl (C=O) groups is 18. The number of nitrogens with zero attached hydrogens (tertiary/aromatic N) is 14. The van der Waals surface area contributed by atoms with Gasteiger partial charge in [-0.2, -0.15) is 0 Å². The first kappa shape index (κ1) is 122. The van der Waals surface area contributed by atoms with Crippen LogP contribution in [0, 0.1) is 160 Å². The van der Waals surface area contributed by atoms with Crippen LogP contribution < -0.4 is 92.3 Å². The maximum absolute atomic E-state index is 11.5. The van der Waals surface area contributed by atoms with Crippen molar-refractivity contribution in [2.24, 2.45) is 0 Å². The van der Waals surface area contributed by atoms with Crippen LogP contribution in [0.5, 0.6) is 0 Å². The number of amides is 2. The normalized spacial score (nSPS) is 14.7. The zero-order chi connectivity index (χ0) is 85.6. The summed E-state index contributed by atoms with van der Waals surface area (Å²) in [5.41, 5.74) is 0. The van der Waals surface area contributed by atoms with Gasteiger partial charge in [-0.05, 0) is 0 Å². The summed E-state index contributed by atoms with van der Waals surface area (Å²) in [4.78, 5) is 216. The molecule has 2 heterocycles. The summed E-state index contributed by atoms with van der Waals surface area (Å²) in [7, 11) is 2.78. The van der Waals surface area contributed by atoms with E-state index in [1.807, 2.05) is 0 Å². The van der Waals surface area contributed by atoms with Crippen LogP contribution in [0.25, 0.3) is 0 Å². The minimum absolute atomic E-state index is 0. The van der Waals surface area contributed by atoms with E-state index in [4.69, 9.17) is 0 Å². The Kier molecular flexibility index (Phi) is 75.6. The van der Waals surface area contributed by atoms with Crippen molar-refractivity contribution in [3.8, 4) is 0 Å². The monoisotopic (exact) mass is 2240 g/mol. The number of hydrogen-bond donors (Lipinski definition) is 2. The zero-order valence-electron chi connectivity index (χ0n) is 63.3. The van der Waals surface area contributed by atoms with Gasteiger partial charge in [0.2, 0.25) is 11.8 Å². The molecule has 0 unspecified atom stereocenters. The Hall–Kier alpha value is -4.80. The molecular formula is C62H92Gd4N16O34-4. The molecule has 2 rings (SSSR count). The van der Waals surface area contributed by atoms with E-state index in [0.717, 1.165) is 9.80 Å². The number of rotatable bonds is 48. The first-order chi connectivity index (χ1) is 52.4.